The van der Waals surface area contributed by atoms with Gasteiger partial charge < -0.3 is 10.1 Å². The zero-order chi connectivity index (χ0) is 18.3. The van der Waals surface area contributed by atoms with E-state index in [9.17, 15) is 18.0 Å². The van der Waals surface area contributed by atoms with Crippen molar-refractivity contribution in [2.75, 3.05) is 6.61 Å². The number of alkyl halides is 3. The van der Waals surface area contributed by atoms with Crippen LogP contribution in [0, 0.1) is 0 Å². The van der Waals surface area contributed by atoms with Crippen molar-refractivity contribution in [2.24, 2.45) is 0 Å². The average molecular weight is 416 g/mol. The van der Waals surface area contributed by atoms with Crippen molar-refractivity contribution < 1.29 is 22.7 Å². The van der Waals surface area contributed by atoms with Gasteiger partial charge in [-0.25, -0.2) is 0 Å². The Labute approximate surface area is 152 Å². The third-order valence-electron chi connectivity index (χ3n) is 3.33. The first-order valence-corrected chi connectivity index (χ1v) is 8.34. The first kappa shape index (κ1) is 19.5. The molecule has 134 valence electrons. The number of benzene rings is 2. The van der Waals surface area contributed by atoms with Gasteiger partial charge in [-0.3, -0.25) is 4.79 Å². The van der Waals surface area contributed by atoms with Crippen molar-refractivity contribution in [3.63, 3.8) is 0 Å². The first-order chi connectivity index (χ1) is 11.8. The number of ether oxygens (including phenoxy) is 1. The number of rotatable bonds is 7. The normalized spacial score (nSPS) is 11.4. The van der Waals surface area contributed by atoms with Gasteiger partial charge in [-0.2, -0.15) is 13.2 Å². The summed E-state index contributed by atoms with van der Waals surface area (Å²) in [5.74, 6) is -0.0973. The molecule has 0 saturated heterocycles. The fourth-order valence-electron chi connectivity index (χ4n) is 2.09. The van der Waals surface area contributed by atoms with Crippen molar-refractivity contribution >= 4 is 21.8 Å². The standard InChI is InChI=1S/C18H17BrF3NO2/c19-16-7-5-13(6-8-16)9-17(24)23-10-14-1-3-15(4-2-14)11-25-12-18(20,21)22/h1-8H,9-12H2,(H,23,24). The molecular weight excluding hydrogens is 399 g/mol. The highest BCUT2D eigenvalue weighted by Crippen LogP contribution is 2.16. The third-order valence-corrected chi connectivity index (χ3v) is 3.85. The number of hydrogen-bond acceptors (Lipinski definition) is 2. The number of carbonyl (C=O) groups excluding carboxylic acids is 1. The number of halogens is 4. The van der Waals surface area contributed by atoms with Gasteiger partial charge in [0.25, 0.3) is 0 Å². The molecule has 7 heteroatoms. The summed E-state index contributed by atoms with van der Waals surface area (Å²) in [4.78, 5) is 11.9. The SMILES string of the molecule is O=C(Cc1ccc(Br)cc1)NCc1ccc(COCC(F)(F)F)cc1. The molecule has 0 radical (unpaired) electrons. The lowest BCUT2D eigenvalue weighted by atomic mass is 10.1. The molecule has 0 aliphatic heterocycles. The molecule has 0 spiro atoms. The highest BCUT2D eigenvalue weighted by molar-refractivity contribution is 9.10. The Balaban J connectivity index is 1.75. The molecule has 2 rings (SSSR count). The first-order valence-electron chi connectivity index (χ1n) is 7.55. The Morgan fingerprint density at radius 2 is 1.52 bits per heavy atom. The molecule has 0 unspecified atom stereocenters. The van der Waals surface area contributed by atoms with Gasteiger partial charge in [-0.05, 0) is 28.8 Å². The second-order valence-electron chi connectivity index (χ2n) is 5.50. The van der Waals surface area contributed by atoms with Gasteiger partial charge in [-0.1, -0.05) is 52.3 Å². The zero-order valence-corrected chi connectivity index (χ0v) is 14.9. The molecule has 0 saturated carbocycles. The zero-order valence-electron chi connectivity index (χ0n) is 13.3. The van der Waals surface area contributed by atoms with Crippen LogP contribution >= 0.6 is 15.9 Å². The molecule has 0 aromatic heterocycles. The van der Waals surface area contributed by atoms with Gasteiger partial charge >= 0.3 is 6.18 Å². The Bertz CT molecular complexity index is 685. The molecule has 0 atom stereocenters. The van der Waals surface area contributed by atoms with Crippen LogP contribution in [0.25, 0.3) is 0 Å². The van der Waals surface area contributed by atoms with Crippen LogP contribution in [0.1, 0.15) is 16.7 Å². The summed E-state index contributed by atoms with van der Waals surface area (Å²) in [6.45, 7) is -1.00. The molecule has 1 N–H and O–H groups in total. The topological polar surface area (TPSA) is 38.3 Å². The maximum atomic E-state index is 12.0. The summed E-state index contributed by atoms with van der Waals surface area (Å²) in [5, 5.41) is 2.81. The van der Waals surface area contributed by atoms with E-state index < -0.39 is 12.8 Å². The van der Waals surface area contributed by atoms with Crippen molar-refractivity contribution in [2.45, 2.75) is 25.7 Å². The van der Waals surface area contributed by atoms with E-state index in [1.54, 1.807) is 24.3 Å². The Hall–Kier alpha value is -1.86. The smallest absolute Gasteiger partial charge is 0.367 e. The molecule has 1 amide bonds. The molecular formula is C18H17BrF3NO2. The Morgan fingerprint density at radius 3 is 2.12 bits per heavy atom. The fourth-order valence-corrected chi connectivity index (χ4v) is 2.35. The molecule has 0 aliphatic carbocycles. The Morgan fingerprint density at radius 1 is 0.960 bits per heavy atom. The number of carbonyl (C=O) groups is 1. The van der Waals surface area contributed by atoms with E-state index in [4.69, 9.17) is 0 Å². The largest absolute Gasteiger partial charge is 0.411 e. The quantitative estimate of drug-likeness (QED) is 0.728. The minimum Gasteiger partial charge on any atom is -0.367 e. The van der Waals surface area contributed by atoms with Crippen LogP contribution in [-0.4, -0.2) is 18.7 Å². The lowest BCUT2D eigenvalue weighted by molar-refractivity contribution is -0.176. The van der Waals surface area contributed by atoms with Gasteiger partial charge in [0, 0.05) is 11.0 Å². The van der Waals surface area contributed by atoms with E-state index in [2.05, 4.69) is 26.0 Å². The lowest BCUT2D eigenvalue weighted by Gasteiger charge is -2.09. The molecule has 25 heavy (non-hydrogen) atoms. The van der Waals surface area contributed by atoms with Gasteiger partial charge in [0.2, 0.25) is 5.91 Å². The number of nitrogens with one attached hydrogen (secondary N) is 1. The van der Waals surface area contributed by atoms with Crippen LogP contribution in [0.5, 0.6) is 0 Å². The van der Waals surface area contributed by atoms with E-state index in [-0.39, 0.29) is 18.9 Å². The molecule has 0 fully saturated rings. The van der Waals surface area contributed by atoms with Gasteiger partial charge in [0.1, 0.15) is 6.61 Å². The number of hydrogen-bond donors (Lipinski definition) is 1. The van der Waals surface area contributed by atoms with Crippen molar-refractivity contribution in [1.82, 2.24) is 5.32 Å². The summed E-state index contributed by atoms with van der Waals surface area (Å²) < 4.78 is 41.6. The predicted molar refractivity (Wildman–Crippen MR) is 91.8 cm³/mol. The lowest BCUT2D eigenvalue weighted by Crippen LogP contribution is -2.24. The maximum absolute atomic E-state index is 12.0. The monoisotopic (exact) mass is 415 g/mol. The molecule has 3 nitrogen and oxygen atoms in total. The van der Waals surface area contributed by atoms with E-state index in [1.807, 2.05) is 24.3 Å². The van der Waals surface area contributed by atoms with Gasteiger partial charge in [0.15, 0.2) is 0 Å². The summed E-state index contributed by atoms with van der Waals surface area (Å²) >= 11 is 3.34. The van der Waals surface area contributed by atoms with E-state index in [0.717, 1.165) is 15.6 Å². The van der Waals surface area contributed by atoms with Crippen LogP contribution < -0.4 is 5.32 Å². The minimum absolute atomic E-state index is 0.0973. The second kappa shape index (κ2) is 9.01. The summed E-state index contributed by atoms with van der Waals surface area (Å²) in [7, 11) is 0. The van der Waals surface area contributed by atoms with Crippen LogP contribution in [0.3, 0.4) is 0 Å². The van der Waals surface area contributed by atoms with E-state index >= 15 is 0 Å². The Kier molecular flexibility index (Phi) is 7.01. The molecule has 2 aromatic carbocycles. The fraction of sp³-hybridized carbons (Fsp3) is 0.278. The van der Waals surface area contributed by atoms with E-state index in [1.165, 1.54) is 0 Å². The average Bonchev–Trinajstić information content (AvgIpc) is 2.55. The highest BCUT2D eigenvalue weighted by atomic mass is 79.9. The van der Waals surface area contributed by atoms with Gasteiger partial charge in [0.05, 0.1) is 13.0 Å². The van der Waals surface area contributed by atoms with Crippen LogP contribution in [-0.2, 0) is 29.1 Å². The summed E-state index contributed by atoms with van der Waals surface area (Å²) in [6.07, 6.45) is -4.03. The van der Waals surface area contributed by atoms with E-state index in [0.29, 0.717) is 12.1 Å². The molecule has 2 aromatic rings. The van der Waals surface area contributed by atoms with Gasteiger partial charge in [-0.15, -0.1) is 0 Å². The highest BCUT2D eigenvalue weighted by Gasteiger charge is 2.27. The van der Waals surface area contributed by atoms with Crippen molar-refractivity contribution in [1.29, 1.82) is 0 Å². The molecule has 0 aliphatic rings. The molecule has 0 heterocycles. The molecule has 0 bridgehead atoms. The number of amides is 1. The third kappa shape index (κ3) is 7.70. The van der Waals surface area contributed by atoms with Crippen molar-refractivity contribution in [3.8, 4) is 0 Å². The summed E-state index contributed by atoms with van der Waals surface area (Å²) in [6, 6.07) is 14.4. The second-order valence-corrected chi connectivity index (χ2v) is 6.42. The van der Waals surface area contributed by atoms with Crippen molar-refractivity contribution in [3.05, 3.63) is 69.7 Å². The minimum atomic E-state index is -4.32. The maximum Gasteiger partial charge on any atom is 0.411 e. The van der Waals surface area contributed by atoms with Crippen LogP contribution in [0.15, 0.2) is 53.0 Å². The summed E-state index contributed by atoms with van der Waals surface area (Å²) in [5.41, 5.74) is 2.43. The van der Waals surface area contributed by atoms with Crippen LogP contribution in [0.2, 0.25) is 0 Å². The predicted octanol–water partition coefficient (Wildman–Crippen LogP) is 4.39. The van der Waals surface area contributed by atoms with Crippen LogP contribution in [0.4, 0.5) is 13.2 Å².